The number of fused-ring (bicyclic) bond motifs is 1. The number of carbonyl (C=O) groups is 3. The topological polar surface area (TPSA) is 186 Å². The molecular formula is C28H38N6O6S. The number of guanidine groups is 1. The lowest BCUT2D eigenvalue weighted by atomic mass is 9.91. The van der Waals surface area contributed by atoms with E-state index in [4.69, 9.17) is 11.1 Å². The molecule has 2 aliphatic rings. The summed E-state index contributed by atoms with van der Waals surface area (Å²) in [6, 6.07) is 9.22. The van der Waals surface area contributed by atoms with Crippen LogP contribution in [0.2, 0.25) is 0 Å². The molecule has 2 amide bonds. The maximum absolute atomic E-state index is 13.7. The number of aliphatic carboxylic acids is 1. The number of likely N-dealkylation sites (tertiary alicyclic amines) is 2. The van der Waals surface area contributed by atoms with Gasteiger partial charge in [0.2, 0.25) is 21.8 Å². The summed E-state index contributed by atoms with van der Waals surface area (Å²) in [5.41, 5.74) is 5.61. The van der Waals surface area contributed by atoms with Gasteiger partial charge < -0.3 is 26.0 Å². The van der Waals surface area contributed by atoms with Crippen molar-refractivity contribution < 1.29 is 27.9 Å². The van der Waals surface area contributed by atoms with Crippen molar-refractivity contribution in [1.29, 1.82) is 5.41 Å². The Morgan fingerprint density at radius 3 is 2.56 bits per heavy atom. The molecule has 4 atom stereocenters. The number of benzene rings is 2. The normalized spacial score (nSPS) is 22.2. The van der Waals surface area contributed by atoms with Crippen LogP contribution in [-0.4, -0.2) is 85.3 Å². The summed E-state index contributed by atoms with van der Waals surface area (Å²) in [7, 11) is -4.25. The highest BCUT2D eigenvalue weighted by Gasteiger charge is 2.39. The maximum Gasteiger partial charge on any atom is 0.326 e. The lowest BCUT2D eigenvalue weighted by Gasteiger charge is -2.38. The van der Waals surface area contributed by atoms with Crippen molar-refractivity contribution in [3.8, 4) is 0 Å². The smallest absolute Gasteiger partial charge is 0.326 e. The number of rotatable bonds is 9. The Hall–Kier alpha value is -3.71. The molecule has 0 spiro atoms. The van der Waals surface area contributed by atoms with Crippen LogP contribution < -0.4 is 15.8 Å². The van der Waals surface area contributed by atoms with E-state index < -0.39 is 46.3 Å². The summed E-state index contributed by atoms with van der Waals surface area (Å²) < 4.78 is 29.3. The van der Waals surface area contributed by atoms with Crippen molar-refractivity contribution in [2.75, 3.05) is 26.2 Å². The summed E-state index contributed by atoms with van der Waals surface area (Å²) in [5, 5.41) is 21.8. The predicted molar refractivity (Wildman–Crippen MR) is 153 cm³/mol. The standard InChI is InChI=1S/C28H38N6O6S/c1-18-10-12-34(24(13-18)27(37)38)26(36)23(15-25(35)31-16-19-5-4-11-33(17-19)28(29)30)32-41(39,40)22-9-8-20-6-2-3-7-21(20)14-22/h2-3,6-9,14,18-19,23-24,32H,4-5,10-13,15-17H2,1H3,(H3,29,30)(H,31,35)(H,37,38)/t18-,19+,23+,24-/m1/s1. The van der Waals surface area contributed by atoms with Gasteiger partial charge in [0, 0.05) is 26.2 Å². The second-order valence-electron chi connectivity index (χ2n) is 11.0. The zero-order valence-electron chi connectivity index (χ0n) is 23.1. The van der Waals surface area contributed by atoms with Crippen molar-refractivity contribution in [1.82, 2.24) is 19.8 Å². The minimum Gasteiger partial charge on any atom is -0.480 e. The molecule has 2 aromatic rings. The molecule has 0 radical (unpaired) electrons. The van der Waals surface area contributed by atoms with Crippen LogP contribution in [0, 0.1) is 17.2 Å². The Balaban J connectivity index is 1.53. The SMILES string of the molecule is C[C@@H]1CCN(C(=O)[C@H](CC(=O)NC[C@@H]2CCCN(C(=N)N)C2)NS(=O)(=O)c2ccc3ccccc3c2)[C@@H](C(=O)O)C1. The highest BCUT2D eigenvalue weighted by atomic mass is 32.2. The zero-order valence-corrected chi connectivity index (χ0v) is 23.9. The Morgan fingerprint density at radius 2 is 1.85 bits per heavy atom. The van der Waals surface area contributed by atoms with Crippen molar-refractivity contribution >= 4 is 44.5 Å². The van der Waals surface area contributed by atoms with Crippen LogP contribution in [0.3, 0.4) is 0 Å². The number of carboxylic acids is 1. The number of hydrogen-bond donors (Lipinski definition) is 5. The molecule has 4 rings (SSSR count). The molecule has 13 heteroatoms. The average Bonchev–Trinajstić information content (AvgIpc) is 2.95. The summed E-state index contributed by atoms with van der Waals surface area (Å²) in [5.74, 6) is -2.36. The lowest BCUT2D eigenvalue weighted by molar-refractivity contribution is -0.154. The third-order valence-corrected chi connectivity index (χ3v) is 9.37. The van der Waals surface area contributed by atoms with E-state index in [0.29, 0.717) is 24.9 Å². The molecule has 0 bridgehead atoms. The quantitative estimate of drug-likeness (QED) is 0.215. The number of sulfonamides is 1. The number of nitrogens with one attached hydrogen (secondary N) is 3. The number of carbonyl (C=O) groups excluding carboxylic acids is 2. The van der Waals surface area contributed by atoms with Crippen molar-refractivity contribution in [2.24, 2.45) is 17.6 Å². The number of hydrogen-bond acceptors (Lipinski definition) is 6. The Kier molecular flexibility index (Phi) is 9.49. The summed E-state index contributed by atoms with van der Waals surface area (Å²) in [6.45, 7) is 3.52. The van der Waals surface area contributed by atoms with Gasteiger partial charge in [-0.2, -0.15) is 4.72 Å². The molecule has 0 saturated carbocycles. The van der Waals surface area contributed by atoms with Gasteiger partial charge in [-0.15, -0.1) is 0 Å². The van der Waals surface area contributed by atoms with Crippen molar-refractivity contribution in [3.63, 3.8) is 0 Å². The van der Waals surface area contributed by atoms with E-state index in [1.165, 1.54) is 17.0 Å². The van der Waals surface area contributed by atoms with Gasteiger partial charge in [-0.3, -0.25) is 15.0 Å². The van der Waals surface area contributed by atoms with E-state index in [0.717, 1.165) is 18.2 Å². The third-order valence-electron chi connectivity index (χ3n) is 7.90. The summed E-state index contributed by atoms with van der Waals surface area (Å²) in [6.07, 6.45) is 1.96. The van der Waals surface area contributed by atoms with Crippen LogP contribution >= 0.6 is 0 Å². The van der Waals surface area contributed by atoms with E-state index in [-0.39, 0.29) is 42.2 Å². The van der Waals surface area contributed by atoms with Crippen molar-refractivity contribution in [2.45, 2.75) is 56.0 Å². The van der Waals surface area contributed by atoms with Gasteiger partial charge in [0.05, 0.1) is 11.3 Å². The molecule has 2 saturated heterocycles. The van der Waals surface area contributed by atoms with Crippen molar-refractivity contribution in [3.05, 3.63) is 42.5 Å². The fraction of sp³-hybridized carbons (Fsp3) is 0.500. The van der Waals surface area contributed by atoms with Gasteiger partial charge in [-0.25, -0.2) is 13.2 Å². The Labute approximate surface area is 239 Å². The van der Waals surface area contributed by atoms with Gasteiger partial charge in [0.15, 0.2) is 5.96 Å². The van der Waals surface area contributed by atoms with E-state index in [1.54, 1.807) is 23.1 Å². The lowest BCUT2D eigenvalue weighted by Crippen LogP contribution is -2.57. The van der Waals surface area contributed by atoms with E-state index in [1.807, 2.05) is 19.1 Å². The summed E-state index contributed by atoms with van der Waals surface area (Å²) in [4.78, 5) is 41.6. The molecule has 0 aromatic heterocycles. The largest absolute Gasteiger partial charge is 0.480 e. The second-order valence-corrected chi connectivity index (χ2v) is 12.8. The number of amides is 2. The molecule has 12 nitrogen and oxygen atoms in total. The number of nitrogens with two attached hydrogens (primary N) is 1. The van der Waals surface area contributed by atoms with Crippen LogP contribution in [0.4, 0.5) is 0 Å². The predicted octanol–water partition coefficient (Wildman–Crippen LogP) is 1.31. The second kappa shape index (κ2) is 12.9. The van der Waals surface area contributed by atoms with Crippen LogP contribution in [0.1, 0.15) is 39.0 Å². The molecule has 2 heterocycles. The Bertz CT molecular complexity index is 1420. The molecule has 0 aliphatic carbocycles. The molecular weight excluding hydrogens is 548 g/mol. The summed E-state index contributed by atoms with van der Waals surface area (Å²) >= 11 is 0. The van der Waals surface area contributed by atoms with Gasteiger partial charge >= 0.3 is 5.97 Å². The van der Waals surface area contributed by atoms with Gasteiger partial charge in [0.1, 0.15) is 12.1 Å². The molecule has 6 N–H and O–H groups in total. The highest BCUT2D eigenvalue weighted by Crippen LogP contribution is 2.25. The van der Waals surface area contributed by atoms with Gasteiger partial charge in [-0.05, 0) is 60.4 Å². The van der Waals surface area contributed by atoms with Crippen LogP contribution in [-0.2, 0) is 24.4 Å². The number of carboxylic acid groups (broad SMARTS) is 1. The third kappa shape index (κ3) is 7.53. The molecule has 222 valence electrons. The molecule has 0 unspecified atom stereocenters. The average molecular weight is 587 g/mol. The van der Waals surface area contributed by atoms with Crippen LogP contribution in [0.5, 0.6) is 0 Å². The fourth-order valence-electron chi connectivity index (χ4n) is 5.58. The van der Waals surface area contributed by atoms with Crippen LogP contribution in [0.15, 0.2) is 47.4 Å². The Morgan fingerprint density at radius 1 is 1.12 bits per heavy atom. The number of piperidine rings is 2. The molecule has 2 aromatic carbocycles. The first-order chi connectivity index (χ1) is 19.4. The molecule has 2 fully saturated rings. The zero-order chi connectivity index (χ0) is 29.7. The van der Waals surface area contributed by atoms with E-state index in [9.17, 15) is 27.9 Å². The first kappa shape index (κ1) is 30.3. The van der Waals surface area contributed by atoms with E-state index in [2.05, 4.69) is 10.0 Å². The van der Waals surface area contributed by atoms with Crippen LogP contribution in [0.25, 0.3) is 10.8 Å². The van der Waals surface area contributed by atoms with Gasteiger partial charge in [-0.1, -0.05) is 37.3 Å². The highest BCUT2D eigenvalue weighted by molar-refractivity contribution is 7.89. The maximum atomic E-state index is 13.7. The minimum absolute atomic E-state index is 0.0291. The van der Waals surface area contributed by atoms with Gasteiger partial charge in [0.25, 0.3) is 0 Å². The molecule has 41 heavy (non-hydrogen) atoms. The number of nitrogens with zero attached hydrogens (tertiary/aromatic N) is 2. The van der Waals surface area contributed by atoms with E-state index >= 15 is 0 Å². The molecule has 2 aliphatic heterocycles. The minimum atomic E-state index is -4.25. The monoisotopic (exact) mass is 586 g/mol. The first-order valence-electron chi connectivity index (χ1n) is 13.8. The first-order valence-corrected chi connectivity index (χ1v) is 15.3. The fourth-order valence-corrected chi connectivity index (χ4v) is 6.80.